The number of carbonyl (C=O) groups excluding carboxylic acids is 1. The van der Waals surface area contributed by atoms with Crippen LogP contribution in [0, 0.1) is 6.92 Å². The number of thiazole rings is 1. The number of anilines is 2. The summed E-state index contributed by atoms with van der Waals surface area (Å²) in [7, 11) is 0. The molecule has 0 fully saturated rings. The lowest BCUT2D eigenvalue weighted by Gasteiger charge is -2.31. The minimum absolute atomic E-state index is 0.201. The van der Waals surface area contributed by atoms with Gasteiger partial charge < -0.3 is 4.74 Å². The predicted molar refractivity (Wildman–Crippen MR) is 107 cm³/mol. The Balaban J connectivity index is 1.94. The monoisotopic (exact) mass is 386 g/mol. The Hall–Kier alpha value is -2.37. The van der Waals surface area contributed by atoms with Gasteiger partial charge in [-0.1, -0.05) is 29.8 Å². The lowest BCUT2D eigenvalue weighted by atomic mass is 10.1. The van der Waals surface area contributed by atoms with Crippen molar-refractivity contribution < 1.29 is 9.53 Å². The molecule has 0 atom stereocenters. The molecular weight excluding hydrogens is 368 g/mol. The highest BCUT2D eigenvalue weighted by molar-refractivity contribution is 7.14. The lowest BCUT2D eigenvalue weighted by molar-refractivity contribution is -0.130. The smallest absolute Gasteiger partial charge is 0.276 e. The number of hydrogen-bond acceptors (Lipinski definition) is 4. The molecular formula is C20H19ClN2O2S. The minimum Gasteiger partial charge on any atom is -0.478 e. The molecule has 0 radical (unpaired) electrons. The number of halogens is 1. The average molecular weight is 387 g/mol. The third kappa shape index (κ3) is 4.06. The molecule has 0 unspecified atom stereocenters. The molecule has 4 nitrogen and oxygen atoms in total. The maximum Gasteiger partial charge on any atom is 0.276 e. The summed E-state index contributed by atoms with van der Waals surface area (Å²) in [5, 5.41) is 3.16. The molecule has 1 heterocycles. The molecule has 134 valence electrons. The predicted octanol–water partition coefficient (Wildman–Crippen LogP) is 5.63. The first-order chi connectivity index (χ1) is 12.4. The summed E-state index contributed by atoms with van der Waals surface area (Å²) in [6.07, 6.45) is 0. The zero-order chi connectivity index (χ0) is 18.7. The number of para-hydroxylation sites is 1. The molecule has 0 saturated heterocycles. The molecule has 0 saturated carbocycles. The summed E-state index contributed by atoms with van der Waals surface area (Å²) in [5.74, 6) is 0.379. The van der Waals surface area contributed by atoms with Crippen LogP contribution in [0.3, 0.4) is 0 Å². The fraction of sp³-hybridized carbons (Fsp3) is 0.200. The van der Waals surface area contributed by atoms with E-state index in [1.807, 2.05) is 42.6 Å². The number of benzene rings is 2. The van der Waals surface area contributed by atoms with Crippen molar-refractivity contribution in [1.82, 2.24) is 4.98 Å². The third-order valence-electron chi connectivity index (χ3n) is 3.72. The van der Waals surface area contributed by atoms with Crippen LogP contribution in [0.5, 0.6) is 5.75 Å². The Labute approximate surface area is 162 Å². The molecule has 0 spiro atoms. The first-order valence-corrected chi connectivity index (χ1v) is 9.39. The fourth-order valence-electron chi connectivity index (χ4n) is 2.45. The zero-order valence-corrected chi connectivity index (χ0v) is 16.3. The van der Waals surface area contributed by atoms with Crippen LogP contribution >= 0.6 is 22.9 Å². The van der Waals surface area contributed by atoms with E-state index >= 15 is 0 Å². The largest absolute Gasteiger partial charge is 0.478 e. The van der Waals surface area contributed by atoms with Gasteiger partial charge in [-0.2, -0.15) is 0 Å². The second kappa shape index (κ2) is 7.48. The highest BCUT2D eigenvalue weighted by Gasteiger charge is 2.37. The van der Waals surface area contributed by atoms with Gasteiger partial charge in [0.05, 0.1) is 11.4 Å². The van der Waals surface area contributed by atoms with Crippen LogP contribution in [0.4, 0.5) is 10.8 Å². The summed E-state index contributed by atoms with van der Waals surface area (Å²) in [5.41, 5.74) is 0.526. The summed E-state index contributed by atoms with van der Waals surface area (Å²) in [6, 6.07) is 16.4. The van der Waals surface area contributed by atoms with Gasteiger partial charge in [-0.3, -0.25) is 9.69 Å². The molecule has 0 aliphatic heterocycles. The summed E-state index contributed by atoms with van der Waals surface area (Å²) in [6.45, 7) is 5.41. The molecule has 0 bridgehead atoms. The van der Waals surface area contributed by atoms with Gasteiger partial charge in [-0.25, -0.2) is 4.98 Å². The number of carbonyl (C=O) groups is 1. The lowest BCUT2D eigenvalue weighted by Crippen LogP contribution is -2.47. The second-order valence-corrected chi connectivity index (χ2v) is 7.59. The van der Waals surface area contributed by atoms with Gasteiger partial charge in [0.25, 0.3) is 5.91 Å². The van der Waals surface area contributed by atoms with Crippen LogP contribution in [0.1, 0.15) is 19.5 Å². The highest BCUT2D eigenvalue weighted by Crippen LogP contribution is 2.32. The van der Waals surface area contributed by atoms with Gasteiger partial charge in [0, 0.05) is 10.4 Å². The van der Waals surface area contributed by atoms with E-state index in [1.165, 1.54) is 11.3 Å². The number of hydrogen-bond donors (Lipinski definition) is 0. The Kier molecular flexibility index (Phi) is 5.30. The first kappa shape index (κ1) is 18.4. The fourth-order valence-corrected chi connectivity index (χ4v) is 3.39. The second-order valence-electron chi connectivity index (χ2n) is 6.31. The minimum atomic E-state index is -1.09. The molecule has 26 heavy (non-hydrogen) atoms. The molecule has 0 N–H and O–H groups in total. The van der Waals surface area contributed by atoms with Crippen LogP contribution in [0.25, 0.3) is 0 Å². The number of rotatable bonds is 5. The van der Waals surface area contributed by atoms with Crippen molar-refractivity contribution in [2.45, 2.75) is 26.4 Å². The van der Waals surface area contributed by atoms with Crippen LogP contribution in [-0.4, -0.2) is 16.5 Å². The van der Waals surface area contributed by atoms with E-state index < -0.39 is 5.60 Å². The van der Waals surface area contributed by atoms with Crippen molar-refractivity contribution >= 4 is 39.7 Å². The molecule has 2 aromatic carbocycles. The van der Waals surface area contributed by atoms with E-state index in [4.69, 9.17) is 16.3 Å². The van der Waals surface area contributed by atoms with Crippen molar-refractivity contribution in [1.29, 1.82) is 0 Å². The van der Waals surface area contributed by atoms with E-state index in [9.17, 15) is 4.79 Å². The van der Waals surface area contributed by atoms with Gasteiger partial charge >= 0.3 is 0 Å². The van der Waals surface area contributed by atoms with Gasteiger partial charge in [0.2, 0.25) is 0 Å². The van der Waals surface area contributed by atoms with E-state index in [-0.39, 0.29) is 5.91 Å². The Morgan fingerprint density at radius 3 is 2.35 bits per heavy atom. The van der Waals surface area contributed by atoms with Crippen molar-refractivity contribution in [3.63, 3.8) is 0 Å². The van der Waals surface area contributed by atoms with Gasteiger partial charge in [-0.05, 0) is 57.2 Å². The first-order valence-electron chi connectivity index (χ1n) is 8.13. The zero-order valence-electron chi connectivity index (χ0n) is 14.8. The standard InChI is InChI=1S/C20H19ClN2O2S/c1-14-13-26-19(22-14)23(16-7-5-4-6-8-16)18(24)20(2,3)25-17-11-9-15(21)10-12-17/h4-13H,1-3H3. The molecule has 3 rings (SSSR count). The maximum atomic E-state index is 13.4. The molecule has 0 aliphatic carbocycles. The summed E-state index contributed by atoms with van der Waals surface area (Å²) in [4.78, 5) is 19.5. The Morgan fingerprint density at radius 1 is 1.12 bits per heavy atom. The van der Waals surface area contributed by atoms with E-state index in [0.29, 0.717) is 15.9 Å². The van der Waals surface area contributed by atoms with Gasteiger partial charge in [-0.15, -0.1) is 11.3 Å². The van der Waals surface area contributed by atoms with Crippen LogP contribution in [0.2, 0.25) is 5.02 Å². The Bertz CT molecular complexity index is 892. The Morgan fingerprint density at radius 2 is 1.77 bits per heavy atom. The van der Waals surface area contributed by atoms with Crippen molar-refractivity contribution in [2.75, 3.05) is 4.90 Å². The molecule has 1 aromatic heterocycles. The topological polar surface area (TPSA) is 42.4 Å². The average Bonchev–Trinajstić information content (AvgIpc) is 3.04. The summed E-state index contributed by atoms with van der Waals surface area (Å²) >= 11 is 7.35. The van der Waals surface area contributed by atoms with E-state index in [1.54, 1.807) is 43.0 Å². The van der Waals surface area contributed by atoms with Crippen molar-refractivity contribution in [3.05, 3.63) is 70.7 Å². The number of amides is 1. The van der Waals surface area contributed by atoms with Crippen molar-refractivity contribution in [3.8, 4) is 5.75 Å². The molecule has 0 aliphatic rings. The number of aryl methyl sites for hydroxylation is 1. The van der Waals surface area contributed by atoms with Crippen LogP contribution in [0.15, 0.2) is 60.0 Å². The van der Waals surface area contributed by atoms with E-state index in [2.05, 4.69) is 4.98 Å². The van der Waals surface area contributed by atoms with Gasteiger partial charge in [0.1, 0.15) is 5.75 Å². The molecule has 6 heteroatoms. The van der Waals surface area contributed by atoms with Crippen LogP contribution in [-0.2, 0) is 4.79 Å². The van der Waals surface area contributed by atoms with Gasteiger partial charge in [0.15, 0.2) is 10.7 Å². The van der Waals surface area contributed by atoms with Crippen LogP contribution < -0.4 is 9.64 Å². The maximum absolute atomic E-state index is 13.4. The quantitative estimate of drug-likeness (QED) is 0.570. The summed E-state index contributed by atoms with van der Waals surface area (Å²) < 4.78 is 5.98. The normalized spacial score (nSPS) is 11.2. The SMILES string of the molecule is Cc1csc(N(C(=O)C(C)(C)Oc2ccc(Cl)cc2)c2ccccc2)n1. The molecule has 1 amide bonds. The van der Waals surface area contributed by atoms with E-state index in [0.717, 1.165) is 11.4 Å². The third-order valence-corrected chi connectivity index (χ3v) is 4.91. The number of nitrogens with zero attached hydrogens (tertiary/aromatic N) is 2. The van der Waals surface area contributed by atoms with Crippen molar-refractivity contribution in [2.24, 2.45) is 0 Å². The number of ether oxygens (including phenoxy) is 1. The number of aromatic nitrogens is 1. The highest BCUT2D eigenvalue weighted by atomic mass is 35.5. The molecule has 3 aromatic rings.